The van der Waals surface area contributed by atoms with Crippen molar-refractivity contribution in [3.05, 3.63) is 71.8 Å². The molecule has 44 heavy (non-hydrogen) atoms. The molecule has 4 rings (SSSR count). The number of thioether (sulfide) groups is 2. The summed E-state index contributed by atoms with van der Waals surface area (Å²) in [7, 11) is -4.29. The first-order chi connectivity index (χ1) is 20.5. The van der Waals surface area contributed by atoms with Gasteiger partial charge in [0.05, 0.1) is 29.5 Å². The van der Waals surface area contributed by atoms with Gasteiger partial charge in [-0.25, -0.2) is 0 Å². The molecule has 2 aliphatic rings. The molecule has 2 fully saturated rings. The van der Waals surface area contributed by atoms with E-state index in [0.29, 0.717) is 13.2 Å². The van der Waals surface area contributed by atoms with Gasteiger partial charge in [-0.2, -0.15) is 0 Å². The van der Waals surface area contributed by atoms with Crippen LogP contribution >= 0.6 is 23.5 Å². The van der Waals surface area contributed by atoms with Crippen LogP contribution in [0, 0.1) is 0 Å². The molecule has 0 N–H and O–H groups in total. The Morgan fingerprint density at radius 1 is 0.636 bits per heavy atom. The van der Waals surface area contributed by atoms with Crippen molar-refractivity contribution in [3.8, 4) is 0 Å². The van der Waals surface area contributed by atoms with Gasteiger partial charge in [0.25, 0.3) is 0 Å². The van der Waals surface area contributed by atoms with E-state index in [2.05, 4.69) is 152 Å². The minimum Gasteiger partial charge on any atom is -0.411 e. The smallest absolute Gasteiger partial charge is 0.192 e. The third kappa shape index (κ3) is 9.27. The molecule has 1 saturated heterocycles. The maximum atomic E-state index is 7.44. The number of hydrogen-bond acceptors (Lipinski definition) is 6. The molecule has 1 heterocycles. The molecule has 2 aromatic carbocycles. The largest absolute Gasteiger partial charge is 0.411 e. The van der Waals surface area contributed by atoms with Crippen molar-refractivity contribution < 1.29 is 18.3 Å². The van der Waals surface area contributed by atoms with Gasteiger partial charge in [-0.15, -0.1) is 23.5 Å². The fourth-order valence-electron chi connectivity index (χ4n) is 5.47. The predicted molar refractivity (Wildman–Crippen MR) is 196 cm³/mol. The van der Waals surface area contributed by atoms with Crippen molar-refractivity contribution in [3.63, 3.8) is 0 Å². The lowest BCUT2D eigenvalue weighted by Gasteiger charge is -2.44. The van der Waals surface area contributed by atoms with Gasteiger partial charge in [0.2, 0.25) is 0 Å². The molecule has 1 spiro atoms. The first-order valence-electron chi connectivity index (χ1n) is 16.5. The Hall–Kier alpha value is -0.586. The summed E-state index contributed by atoms with van der Waals surface area (Å²) in [6.07, 6.45) is 2.43. The van der Waals surface area contributed by atoms with Crippen LogP contribution in [0.4, 0.5) is 0 Å². The van der Waals surface area contributed by atoms with Crippen LogP contribution < -0.4 is 0 Å². The van der Waals surface area contributed by atoms with Crippen molar-refractivity contribution in [2.24, 2.45) is 0 Å². The fraction of sp³-hybridized carbons (Fsp3) is 0.667. The Kier molecular flexibility index (Phi) is 12.1. The molecule has 1 aliphatic carbocycles. The van der Waals surface area contributed by atoms with Crippen LogP contribution in [-0.2, 0) is 31.5 Å². The van der Waals surface area contributed by atoms with Crippen molar-refractivity contribution in [2.75, 3.05) is 11.5 Å². The zero-order valence-corrected chi connectivity index (χ0v) is 32.6. The van der Waals surface area contributed by atoms with E-state index in [4.69, 9.17) is 18.3 Å². The monoisotopic (exact) mass is 674 g/mol. The number of benzene rings is 2. The van der Waals surface area contributed by atoms with E-state index in [1.807, 2.05) is 0 Å². The highest BCUT2D eigenvalue weighted by Crippen LogP contribution is 2.54. The first kappa shape index (κ1) is 36.3. The van der Waals surface area contributed by atoms with E-state index in [1.165, 1.54) is 29.1 Å². The summed E-state index contributed by atoms with van der Waals surface area (Å²) < 4.78 is 29.0. The number of hydrogen-bond donors (Lipinski definition) is 0. The van der Waals surface area contributed by atoms with Crippen LogP contribution in [0.3, 0.4) is 0 Å². The summed E-state index contributed by atoms with van der Waals surface area (Å²) in [6.45, 7) is 24.6. The third-order valence-electron chi connectivity index (χ3n) is 10.2. The highest BCUT2D eigenvalue weighted by Gasteiger charge is 2.54. The van der Waals surface area contributed by atoms with Crippen molar-refractivity contribution in [1.29, 1.82) is 0 Å². The lowest BCUT2D eigenvalue weighted by atomic mass is 10.0. The standard InChI is InChI=1S/C36H58O4S2Si2/c1-34(2,3)43(7,8)39-30-24-36(41-22-17-23-42-36)25-31(40-44(9,10)35(4,5)6)33(38-27-29-20-15-12-16-21-29)32(30)37-26-28-18-13-11-14-19-28/h11-16,18-21,30-33H,17,22-27H2,1-10H3/t30-,31-,32-,33-/m1/s1. The fourth-order valence-corrected chi connectivity index (χ4v) is 11.6. The number of rotatable bonds is 10. The summed E-state index contributed by atoms with van der Waals surface area (Å²) in [4.78, 5) is 0. The highest BCUT2D eigenvalue weighted by atomic mass is 32.2. The minimum atomic E-state index is -2.15. The van der Waals surface area contributed by atoms with Gasteiger partial charge in [-0.05, 0) is 78.2 Å². The lowest BCUT2D eigenvalue weighted by Crippen LogP contribution is -2.55. The van der Waals surface area contributed by atoms with Crippen LogP contribution in [0.25, 0.3) is 0 Å². The number of ether oxygens (including phenoxy) is 2. The van der Waals surface area contributed by atoms with Gasteiger partial charge in [0, 0.05) is 0 Å². The molecule has 4 nitrogen and oxygen atoms in total. The zero-order valence-electron chi connectivity index (χ0n) is 29.0. The summed E-state index contributed by atoms with van der Waals surface area (Å²) in [5.41, 5.74) is 2.34. The van der Waals surface area contributed by atoms with Crippen molar-refractivity contribution in [2.45, 2.75) is 139 Å². The van der Waals surface area contributed by atoms with Crippen LogP contribution in [0.2, 0.25) is 36.3 Å². The van der Waals surface area contributed by atoms with Crippen LogP contribution in [0.1, 0.15) is 71.9 Å². The quantitative estimate of drug-likeness (QED) is 0.234. The summed E-state index contributed by atoms with van der Waals surface area (Å²) in [5.74, 6) is 2.36. The zero-order chi connectivity index (χ0) is 32.2. The Balaban J connectivity index is 1.81. The van der Waals surface area contributed by atoms with Gasteiger partial charge >= 0.3 is 0 Å². The molecule has 0 radical (unpaired) electrons. The van der Waals surface area contributed by atoms with E-state index < -0.39 is 16.6 Å². The van der Waals surface area contributed by atoms with Gasteiger partial charge in [0.15, 0.2) is 16.6 Å². The van der Waals surface area contributed by atoms with Crippen molar-refractivity contribution in [1.82, 2.24) is 0 Å². The van der Waals surface area contributed by atoms with E-state index in [0.717, 1.165) is 12.8 Å². The maximum absolute atomic E-state index is 7.44. The molecule has 0 amide bonds. The molecule has 1 saturated carbocycles. The average Bonchev–Trinajstić information content (AvgIpc) is 3.04. The molecule has 0 unspecified atom stereocenters. The Morgan fingerprint density at radius 3 is 1.34 bits per heavy atom. The highest BCUT2D eigenvalue weighted by molar-refractivity contribution is 8.18. The van der Waals surface area contributed by atoms with Crippen molar-refractivity contribution >= 4 is 40.2 Å². The molecule has 0 bridgehead atoms. The Morgan fingerprint density at radius 2 is 1.00 bits per heavy atom. The molecular formula is C36H58O4S2Si2. The molecule has 2 aromatic rings. The molecule has 8 heteroatoms. The average molecular weight is 675 g/mol. The predicted octanol–water partition coefficient (Wildman–Crippen LogP) is 10.3. The van der Waals surface area contributed by atoms with Gasteiger partial charge in [-0.3, -0.25) is 0 Å². The summed E-state index contributed by atoms with van der Waals surface area (Å²) in [5, 5.41) is 0.168. The van der Waals surface area contributed by atoms with Crippen LogP contribution in [-0.4, -0.2) is 56.6 Å². The molecule has 0 aromatic heterocycles. The summed E-state index contributed by atoms with van der Waals surface area (Å²) in [6, 6.07) is 21.1. The summed E-state index contributed by atoms with van der Waals surface area (Å²) >= 11 is 4.26. The maximum Gasteiger partial charge on any atom is 0.192 e. The first-order valence-corrected chi connectivity index (χ1v) is 24.3. The van der Waals surface area contributed by atoms with Gasteiger partial charge in [0.1, 0.15) is 12.2 Å². The Bertz CT molecular complexity index is 1070. The van der Waals surface area contributed by atoms with Crippen LogP contribution in [0.5, 0.6) is 0 Å². The van der Waals surface area contributed by atoms with E-state index in [1.54, 1.807) is 0 Å². The second kappa shape index (κ2) is 14.7. The second-order valence-electron chi connectivity index (χ2n) is 15.7. The molecule has 1 aliphatic heterocycles. The minimum absolute atomic E-state index is 0.0114. The molecule has 4 atom stereocenters. The SMILES string of the molecule is CC(C)(C)[Si](C)(C)O[C@@H]1CC2(C[C@@H](O[Si](C)(C)C(C)(C)C)[C@@H](OCc3ccccc3)[C@@H]1OCc1ccccc1)SCCCS2. The second-order valence-corrected chi connectivity index (χ2v) is 28.5. The van der Waals surface area contributed by atoms with E-state index >= 15 is 0 Å². The molecule has 246 valence electrons. The lowest BCUT2D eigenvalue weighted by molar-refractivity contribution is -0.153. The topological polar surface area (TPSA) is 36.9 Å². The van der Waals surface area contributed by atoms with Crippen LogP contribution in [0.15, 0.2) is 60.7 Å². The van der Waals surface area contributed by atoms with E-state index in [-0.39, 0.29) is 38.6 Å². The Labute approximate surface area is 279 Å². The van der Waals surface area contributed by atoms with Gasteiger partial charge < -0.3 is 18.3 Å². The van der Waals surface area contributed by atoms with Gasteiger partial charge in [-0.1, -0.05) is 102 Å². The molecular weight excluding hydrogens is 617 g/mol. The van der Waals surface area contributed by atoms with E-state index in [9.17, 15) is 0 Å². The normalized spacial score (nSPS) is 25.1. The third-order valence-corrected chi connectivity index (χ3v) is 22.6.